The molecule has 2 nitrogen and oxygen atoms in total. The molecule has 2 heterocycles. The number of halogens is 1. The van der Waals surface area contributed by atoms with Crippen LogP contribution in [-0.2, 0) is 0 Å². The normalized spacial score (nSPS) is 23.9. The van der Waals surface area contributed by atoms with E-state index in [4.69, 9.17) is 4.98 Å². The quantitative estimate of drug-likeness (QED) is 0.779. The second-order valence-corrected chi connectivity index (χ2v) is 7.74. The van der Waals surface area contributed by atoms with Crippen LogP contribution in [0.2, 0.25) is 0 Å². The van der Waals surface area contributed by atoms with Crippen molar-refractivity contribution in [1.29, 1.82) is 0 Å². The third-order valence-electron chi connectivity index (χ3n) is 3.99. The number of rotatable bonds is 1. The minimum Gasteiger partial charge on any atom is -0.301 e. The summed E-state index contributed by atoms with van der Waals surface area (Å²) in [6, 6.07) is 6.36. The van der Waals surface area contributed by atoms with Gasteiger partial charge in [0.2, 0.25) is 0 Å². The summed E-state index contributed by atoms with van der Waals surface area (Å²) in [6.07, 6.45) is 1.20. The lowest BCUT2D eigenvalue weighted by molar-refractivity contribution is 0.218. The SMILES string of the molecule is CN1CC(c2nc3cc(Br)ccc3s2)CC1(C)C. The Labute approximate surface area is 120 Å². The van der Waals surface area contributed by atoms with Gasteiger partial charge in [-0.05, 0) is 45.5 Å². The third-order valence-corrected chi connectivity index (χ3v) is 5.68. The second-order valence-electron chi connectivity index (χ2n) is 5.76. The summed E-state index contributed by atoms with van der Waals surface area (Å²) < 4.78 is 2.40. The number of aromatic nitrogens is 1. The van der Waals surface area contributed by atoms with Crippen molar-refractivity contribution in [3.8, 4) is 0 Å². The van der Waals surface area contributed by atoms with Gasteiger partial charge in [0.25, 0.3) is 0 Å². The van der Waals surface area contributed by atoms with Crippen molar-refractivity contribution < 1.29 is 0 Å². The summed E-state index contributed by atoms with van der Waals surface area (Å²) in [5, 5.41) is 1.29. The number of likely N-dealkylation sites (tertiary alicyclic amines) is 1. The van der Waals surface area contributed by atoms with Crippen LogP contribution in [0.5, 0.6) is 0 Å². The summed E-state index contributed by atoms with van der Waals surface area (Å²) >= 11 is 5.36. The molecule has 0 aliphatic carbocycles. The Morgan fingerprint density at radius 1 is 1.44 bits per heavy atom. The van der Waals surface area contributed by atoms with Crippen molar-refractivity contribution in [2.24, 2.45) is 0 Å². The molecule has 1 saturated heterocycles. The molecule has 96 valence electrons. The van der Waals surface area contributed by atoms with Crippen molar-refractivity contribution in [3.63, 3.8) is 0 Å². The van der Waals surface area contributed by atoms with Gasteiger partial charge in [0.1, 0.15) is 0 Å². The van der Waals surface area contributed by atoms with E-state index in [0.29, 0.717) is 11.5 Å². The van der Waals surface area contributed by atoms with E-state index < -0.39 is 0 Å². The smallest absolute Gasteiger partial charge is 0.0983 e. The number of benzene rings is 1. The highest BCUT2D eigenvalue weighted by Gasteiger charge is 2.37. The Kier molecular flexibility index (Phi) is 3.00. The predicted octanol–water partition coefficient (Wildman–Crippen LogP) is 4.26. The zero-order valence-electron chi connectivity index (χ0n) is 10.9. The number of nitrogens with zero attached hydrogens (tertiary/aromatic N) is 2. The molecule has 0 radical (unpaired) electrons. The number of hydrogen-bond acceptors (Lipinski definition) is 3. The van der Waals surface area contributed by atoms with E-state index in [0.717, 1.165) is 16.5 Å². The first kappa shape index (κ1) is 12.6. The Bertz CT molecular complexity index is 590. The lowest BCUT2D eigenvalue weighted by atomic mass is 9.97. The van der Waals surface area contributed by atoms with Crippen molar-refractivity contribution >= 4 is 37.5 Å². The Morgan fingerprint density at radius 3 is 2.89 bits per heavy atom. The van der Waals surface area contributed by atoms with Crippen molar-refractivity contribution in [1.82, 2.24) is 9.88 Å². The average molecular weight is 325 g/mol. The van der Waals surface area contributed by atoms with Crippen LogP contribution in [0.25, 0.3) is 10.2 Å². The standard InChI is InChI=1S/C14H17BrN2S/c1-14(2)7-9(8-17(14)3)13-16-11-6-10(15)4-5-12(11)18-13/h4-6,9H,7-8H2,1-3H3. The number of thiazole rings is 1. The third kappa shape index (κ3) is 2.10. The summed E-state index contributed by atoms with van der Waals surface area (Å²) in [5.41, 5.74) is 1.42. The van der Waals surface area contributed by atoms with Crippen molar-refractivity contribution in [2.75, 3.05) is 13.6 Å². The minimum atomic E-state index is 0.295. The molecule has 0 bridgehead atoms. The first-order chi connectivity index (χ1) is 8.45. The molecule has 1 aromatic heterocycles. The Hall–Kier alpha value is -0.450. The monoisotopic (exact) mass is 324 g/mol. The maximum atomic E-state index is 4.82. The number of fused-ring (bicyclic) bond motifs is 1. The predicted molar refractivity (Wildman–Crippen MR) is 81.4 cm³/mol. The summed E-state index contributed by atoms with van der Waals surface area (Å²) in [4.78, 5) is 7.26. The van der Waals surface area contributed by atoms with Crippen LogP contribution < -0.4 is 0 Å². The van der Waals surface area contributed by atoms with E-state index in [1.807, 2.05) is 11.3 Å². The van der Waals surface area contributed by atoms with E-state index in [9.17, 15) is 0 Å². The van der Waals surface area contributed by atoms with Gasteiger partial charge in [0.05, 0.1) is 15.2 Å². The molecule has 0 spiro atoms. The molecule has 2 aromatic rings. The van der Waals surface area contributed by atoms with E-state index in [-0.39, 0.29) is 0 Å². The highest BCUT2D eigenvalue weighted by atomic mass is 79.9. The molecule has 0 N–H and O–H groups in total. The van der Waals surface area contributed by atoms with E-state index in [1.54, 1.807) is 0 Å². The highest BCUT2D eigenvalue weighted by molar-refractivity contribution is 9.10. The number of hydrogen-bond donors (Lipinski definition) is 0. The van der Waals surface area contributed by atoms with Crippen LogP contribution >= 0.6 is 27.3 Å². The van der Waals surface area contributed by atoms with Gasteiger partial charge in [-0.2, -0.15) is 0 Å². The van der Waals surface area contributed by atoms with E-state index in [2.05, 4.69) is 59.9 Å². The van der Waals surface area contributed by atoms with Crippen LogP contribution in [0.4, 0.5) is 0 Å². The topological polar surface area (TPSA) is 16.1 Å². The van der Waals surface area contributed by atoms with Gasteiger partial charge in [0, 0.05) is 22.5 Å². The molecule has 1 atom stereocenters. The zero-order valence-corrected chi connectivity index (χ0v) is 13.3. The summed E-state index contributed by atoms with van der Waals surface area (Å²) in [7, 11) is 2.21. The first-order valence-corrected chi connectivity index (χ1v) is 7.84. The molecule has 3 rings (SSSR count). The van der Waals surface area contributed by atoms with Crippen molar-refractivity contribution in [2.45, 2.75) is 31.7 Å². The van der Waals surface area contributed by atoms with Gasteiger partial charge in [-0.1, -0.05) is 15.9 Å². The summed E-state index contributed by atoms with van der Waals surface area (Å²) in [5.74, 6) is 0.584. The van der Waals surface area contributed by atoms with Crippen LogP contribution in [0, 0.1) is 0 Å². The molecule has 18 heavy (non-hydrogen) atoms. The van der Waals surface area contributed by atoms with Crippen LogP contribution in [0.15, 0.2) is 22.7 Å². The molecule has 1 fully saturated rings. The molecular weight excluding hydrogens is 308 g/mol. The highest BCUT2D eigenvalue weighted by Crippen LogP contribution is 2.40. The van der Waals surface area contributed by atoms with E-state index >= 15 is 0 Å². The second kappa shape index (κ2) is 4.29. The molecule has 0 amide bonds. The fourth-order valence-corrected chi connectivity index (χ4v) is 4.05. The molecular formula is C14H17BrN2S. The molecule has 4 heteroatoms. The first-order valence-electron chi connectivity index (χ1n) is 6.23. The molecule has 0 saturated carbocycles. The van der Waals surface area contributed by atoms with Crippen LogP contribution in [0.1, 0.15) is 31.2 Å². The molecule has 1 aromatic carbocycles. The minimum absolute atomic E-state index is 0.295. The molecule has 1 unspecified atom stereocenters. The van der Waals surface area contributed by atoms with Crippen LogP contribution in [-0.4, -0.2) is 29.0 Å². The average Bonchev–Trinajstić information content (AvgIpc) is 2.80. The van der Waals surface area contributed by atoms with Gasteiger partial charge >= 0.3 is 0 Å². The molecule has 1 aliphatic heterocycles. The lowest BCUT2D eigenvalue weighted by Crippen LogP contribution is -2.34. The van der Waals surface area contributed by atoms with Gasteiger partial charge < -0.3 is 4.90 Å². The van der Waals surface area contributed by atoms with Crippen LogP contribution in [0.3, 0.4) is 0 Å². The van der Waals surface area contributed by atoms with Gasteiger partial charge in [-0.3, -0.25) is 0 Å². The zero-order chi connectivity index (χ0) is 12.9. The van der Waals surface area contributed by atoms with Gasteiger partial charge in [-0.15, -0.1) is 11.3 Å². The fourth-order valence-electron chi connectivity index (χ4n) is 2.66. The lowest BCUT2D eigenvalue weighted by Gasteiger charge is -2.26. The Morgan fingerprint density at radius 2 is 2.22 bits per heavy atom. The maximum absolute atomic E-state index is 4.82. The largest absolute Gasteiger partial charge is 0.301 e. The molecule has 1 aliphatic rings. The van der Waals surface area contributed by atoms with Gasteiger partial charge in [-0.25, -0.2) is 4.98 Å². The fraction of sp³-hybridized carbons (Fsp3) is 0.500. The number of likely N-dealkylation sites (N-methyl/N-ethyl adjacent to an activating group) is 1. The van der Waals surface area contributed by atoms with Crippen molar-refractivity contribution in [3.05, 3.63) is 27.7 Å². The van der Waals surface area contributed by atoms with E-state index in [1.165, 1.54) is 16.1 Å². The van der Waals surface area contributed by atoms with Gasteiger partial charge in [0.15, 0.2) is 0 Å². The maximum Gasteiger partial charge on any atom is 0.0983 e. The Balaban J connectivity index is 1.96. The summed E-state index contributed by atoms with van der Waals surface area (Å²) in [6.45, 7) is 5.75.